The number of anilines is 2. The molecule has 8 nitrogen and oxygen atoms in total. The number of nitrogens with one attached hydrogen (secondary N) is 1. The van der Waals surface area contributed by atoms with Crippen LogP contribution in [0.25, 0.3) is 0 Å². The van der Waals surface area contributed by atoms with Gasteiger partial charge in [0.05, 0.1) is 25.1 Å². The van der Waals surface area contributed by atoms with Crippen molar-refractivity contribution in [3.63, 3.8) is 0 Å². The number of rotatable bonds is 3. The lowest BCUT2D eigenvalue weighted by Gasteiger charge is -2.43. The molecule has 9 heteroatoms. The van der Waals surface area contributed by atoms with Crippen LogP contribution < -0.4 is 25.2 Å². The Morgan fingerprint density at radius 2 is 1.86 bits per heavy atom. The van der Waals surface area contributed by atoms with Crippen LogP contribution in [0, 0.1) is 5.92 Å². The number of hydrogen-bond acceptors (Lipinski definition) is 6. The van der Waals surface area contributed by atoms with E-state index in [9.17, 15) is 9.59 Å². The van der Waals surface area contributed by atoms with E-state index in [0.717, 1.165) is 44.0 Å². The number of hydrogen-bond donors (Lipinski definition) is 1. The number of amides is 1. The van der Waals surface area contributed by atoms with Crippen molar-refractivity contribution in [2.24, 2.45) is 5.92 Å². The van der Waals surface area contributed by atoms with Crippen LogP contribution in [0.3, 0.4) is 0 Å². The molecule has 3 aromatic rings. The molecule has 182 valence electrons. The second-order valence-electron chi connectivity index (χ2n) is 9.17. The Morgan fingerprint density at radius 3 is 2.69 bits per heavy atom. The average Bonchev–Trinajstić information content (AvgIpc) is 3.10. The van der Waals surface area contributed by atoms with E-state index in [1.165, 1.54) is 0 Å². The van der Waals surface area contributed by atoms with Crippen LogP contribution in [0.2, 0.25) is 0 Å². The number of carbonyl (C=O) groups is 1. The smallest absolute Gasteiger partial charge is 0.255 e. The van der Waals surface area contributed by atoms with Gasteiger partial charge in [0, 0.05) is 49.3 Å². The van der Waals surface area contributed by atoms with Gasteiger partial charge in [-0.05, 0) is 48.7 Å². The Kier molecular flexibility index (Phi) is 6.38. The number of ether oxygens (including phenoxy) is 2. The summed E-state index contributed by atoms with van der Waals surface area (Å²) in [6, 6.07) is 14.6. The molecular weight excluding hydrogens is 468 g/mol. The summed E-state index contributed by atoms with van der Waals surface area (Å²) in [6.45, 7) is 3.64. The lowest BCUT2D eigenvalue weighted by molar-refractivity contribution is 0.102. The maximum absolute atomic E-state index is 12.8. The van der Waals surface area contributed by atoms with Gasteiger partial charge in [-0.2, -0.15) is 0 Å². The highest BCUT2D eigenvalue weighted by Crippen LogP contribution is 2.36. The van der Waals surface area contributed by atoms with Gasteiger partial charge in [-0.1, -0.05) is 6.07 Å². The molecule has 1 unspecified atom stereocenters. The van der Waals surface area contributed by atoms with Crippen LogP contribution in [-0.2, 0) is 6.54 Å². The van der Waals surface area contributed by atoms with E-state index in [1.54, 1.807) is 30.5 Å². The normalized spacial score (nSPS) is 20.2. The van der Waals surface area contributed by atoms with E-state index in [4.69, 9.17) is 9.47 Å². The molecule has 1 amide bonds. The SMILES string of the molecule is Cl.O=C(Nc1ccc(N2CC3C[C@@H](C2)c2cccc(=O)n2C3)nc1)c1ccc2c(c1)OCCCO2. The summed E-state index contributed by atoms with van der Waals surface area (Å²) in [7, 11) is 0. The summed E-state index contributed by atoms with van der Waals surface area (Å²) < 4.78 is 13.3. The van der Waals surface area contributed by atoms with Crippen molar-refractivity contribution >= 4 is 29.8 Å². The second kappa shape index (κ2) is 9.62. The van der Waals surface area contributed by atoms with Gasteiger partial charge in [-0.15, -0.1) is 12.4 Å². The Bertz CT molecular complexity index is 1290. The van der Waals surface area contributed by atoms with Gasteiger partial charge in [-0.3, -0.25) is 9.59 Å². The lowest BCUT2D eigenvalue weighted by atomic mass is 9.83. The van der Waals surface area contributed by atoms with Gasteiger partial charge in [0.1, 0.15) is 5.82 Å². The van der Waals surface area contributed by atoms with Crippen molar-refractivity contribution in [2.45, 2.75) is 25.3 Å². The minimum absolute atomic E-state index is 0. The van der Waals surface area contributed by atoms with Crippen molar-refractivity contribution in [1.29, 1.82) is 0 Å². The number of benzene rings is 1. The monoisotopic (exact) mass is 494 g/mol. The highest BCUT2D eigenvalue weighted by molar-refractivity contribution is 6.04. The van der Waals surface area contributed by atoms with Crippen molar-refractivity contribution in [1.82, 2.24) is 9.55 Å². The van der Waals surface area contributed by atoms with Crippen molar-refractivity contribution < 1.29 is 14.3 Å². The van der Waals surface area contributed by atoms with Crippen LogP contribution in [0.1, 0.15) is 34.8 Å². The maximum Gasteiger partial charge on any atom is 0.255 e. The fraction of sp³-hybridized carbons (Fsp3) is 0.346. The summed E-state index contributed by atoms with van der Waals surface area (Å²) >= 11 is 0. The third-order valence-corrected chi connectivity index (χ3v) is 6.82. The number of nitrogens with zero attached hydrogens (tertiary/aromatic N) is 3. The zero-order chi connectivity index (χ0) is 23.1. The molecule has 35 heavy (non-hydrogen) atoms. The van der Waals surface area contributed by atoms with Gasteiger partial charge in [0.15, 0.2) is 11.5 Å². The highest BCUT2D eigenvalue weighted by atomic mass is 35.5. The summed E-state index contributed by atoms with van der Waals surface area (Å²) in [5.41, 5.74) is 2.35. The minimum atomic E-state index is -0.222. The first-order valence-corrected chi connectivity index (χ1v) is 11.8. The molecule has 1 aromatic carbocycles. The van der Waals surface area contributed by atoms with E-state index in [0.29, 0.717) is 47.8 Å². The predicted molar refractivity (Wildman–Crippen MR) is 135 cm³/mol. The van der Waals surface area contributed by atoms with Crippen LogP contribution in [-0.4, -0.2) is 41.8 Å². The molecule has 0 aliphatic carbocycles. The molecular formula is C26H27ClN4O4. The van der Waals surface area contributed by atoms with Crippen LogP contribution >= 0.6 is 12.4 Å². The Labute approximate surface area is 209 Å². The molecule has 3 aliphatic heterocycles. The minimum Gasteiger partial charge on any atom is -0.490 e. The summed E-state index contributed by atoms with van der Waals surface area (Å²) in [5, 5.41) is 2.92. The Morgan fingerprint density at radius 1 is 1.00 bits per heavy atom. The summed E-state index contributed by atoms with van der Waals surface area (Å²) in [5.74, 6) is 2.67. The first-order chi connectivity index (χ1) is 16.6. The predicted octanol–water partition coefficient (Wildman–Crippen LogP) is 3.70. The van der Waals surface area contributed by atoms with Crippen molar-refractivity contribution in [3.8, 4) is 11.5 Å². The van der Waals surface area contributed by atoms with E-state index >= 15 is 0 Å². The first-order valence-electron chi connectivity index (χ1n) is 11.8. The standard InChI is InChI=1S/C26H26N4O4.ClH/c31-25-4-1-3-21-19-11-17(15-30(21)25)14-29(16-19)24-8-6-20(13-27-24)28-26(32)18-5-7-22-23(12-18)34-10-2-9-33-22;/h1,3-8,12-13,17,19H,2,9-11,14-16H2,(H,28,32);1H/t17?,19-;/m0./s1. The molecule has 3 aliphatic rings. The van der Waals surface area contributed by atoms with Crippen LogP contribution in [0.15, 0.2) is 59.5 Å². The highest BCUT2D eigenvalue weighted by Gasteiger charge is 2.34. The van der Waals surface area contributed by atoms with Gasteiger partial charge in [-0.25, -0.2) is 4.98 Å². The molecule has 1 saturated heterocycles. The number of carbonyl (C=O) groups excluding carboxylic acids is 1. The van der Waals surface area contributed by atoms with Gasteiger partial charge < -0.3 is 24.3 Å². The van der Waals surface area contributed by atoms with Gasteiger partial charge in [0.2, 0.25) is 0 Å². The molecule has 0 saturated carbocycles. The number of halogens is 1. The number of piperidine rings is 1. The Hall–Kier alpha value is -3.52. The van der Waals surface area contributed by atoms with Crippen molar-refractivity contribution in [2.75, 3.05) is 36.5 Å². The van der Waals surface area contributed by atoms with Crippen LogP contribution in [0.5, 0.6) is 11.5 Å². The Balaban J connectivity index is 0.00000253. The zero-order valence-corrected chi connectivity index (χ0v) is 20.0. The topological polar surface area (TPSA) is 85.7 Å². The maximum atomic E-state index is 12.8. The first kappa shape index (κ1) is 23.2. The molecule has 2 aromatic heterocycles. The molecule has 0 radical (unpaired) electrons. The number of pyridine rings is 2. The average molecular weight is 495 g/mol. The molecule has 5 heterocycles. The lowest BCUT2D eigenvalue weighted by Crippen LogP contribution is -2.47. The molecule has 1 N–H and O–H groups in total. The van der Waals surface area contributed by atoms with E-state index in [1.807, 2.05) is 22.8 Å². The van der Waals surface area contributed by atoms with E-state index in [2.05, 4.69) is 21.3 Å². The largest absolute Gasteiger partial charge is 0.490 e. The molecule has 6 rings (SSSR count). The summed E-state index contributed by atoms with van der Waals surface area (Å²) in [4.78, 5) is 31.9. The number of aromatic nitrogens is 2. The van der Waals surface area contributed by atoms with E-state index in [-0.39, 0.29) is 23.9 Å². The zero-order valence-electron chi connectivity index (χ0n) is 19.2. The fourth-order valence-corrected chi connectivity index (χ4v) is 5.24. The van der Waals surface area contributed by atoms with Gasteiger partial charge >= 0.3 is 0 Å². The quantitative estimate of drug-likeness (QED) is 0.597. The third kappa shape index (κ3) is 4.58. The van der Waals surface area contributed by atoms with Gasteiger partial charge in [0.25, 0.3) is 11.5 Å². The second-order valence-corrected chi connectivity index (χ2v) is 9.17. The third-order valence-electron chi connectivity index (χ3n) is 6.82. The van der Waals surface area contributed by atoms with Crippen LogP contribution in [0.4, 0.5) is 11.5 Å². The van der Waals surface area contributed by atoms with Crippen molar-refractivity contribution in [3.05, 3.63) is 76.3 Å². The molecule has 0 spiro atoms. The summed E-state index contributed by atoms with van der Waals surface area (Å²) in [6.07, 6.45) is 3.61. The molecule has 2 atom stereocenters. The molecule has 2 bridgehead atoms. The van der Waals surface area contributed by atoms with E-state index < -0.39 is 0 Å². The molecule has 1 fully saturated rings. The number of fused-ring (bicyclic) bond motifs is 5. The fourth-order valence-electron chi connectivity index (χ4n) is 5.24.